The lowest BCUT2D eigenvalue weighted by Crippen LogP contribution is -2.16. The molecule has 0 bridgehead atoms. The fraction of sp³-hybridized carbons (Fsp3) is 0.200. The first kappa shape index (κ1) is 12.8. The number of hydrogen-bond donors (Lipinski definition) is 0. The van der Waals surface area contributed by atoms with Gasteiger partial charge in [0.1, 0.15) is 0 Å². The van der Waals surface area contributed by atoms with Crippen molar-refractivity contribution in [3.05, 3.63) is 77.4 Å². The van der Waals surface area contributed by atoms with Crippen LogP contribution in [0.1, 0.15) is 28.7 Å². The van der Waals surface area contributed by atoms with E-state index in [1.165, 1.54) is 22.3 Å². The van der Waals surface area contributed by atoms with Crippen molar-refractivity contribution in [1.82, 2.24) is 0 Å². The van der Waals surface area contributed by atoms with E-state index in [-0.39, 0.29) is 0 Å². The molecule has 2 aliphatic rings. The molecule has 0 radical (unpaired) electrons. The van der Waals surface area contributed by atoms with Gasteiger partial charge in [-0.05, 0) is 39.8 Å². The van der Waals surface area contributed by atoms with Gasteiger partial charge in [0, 0.05) is 14.3 Å². The summed E-state index contributed by atoms with van der Waals surface area (Å²) in [6, 6.07) is 15.9. The number of rotatable bonds is 2. The second-order valence-electron chi connectivity index (χ2n) is 6.40. The topological polar surface area (TPSA) is 0 Å². The number of hydrogen-bond acceptors (Lipinski definition) is 0. The van der Waals surface area contributed by atoms with E-state index in [1.807, 2.05) is 0 Å². The van der Waals surface area contributed by atoms with E-state index in [9.17, 15) is 0 Å². The van der Waals surface area contributed by atoms with Gasteiger partial charge in [-0.2, -0.15) is 0 Å². The average molecular weight is 288 g/mol. The van der Waals surface area contributed by atoms with E-state index in [2.05, 4.69) is 73.8 Å². The van der Waals surface area contributed by atoms with Crippen molar-refractivity contribution in [1.29, 1.82) is 0 Å². The fourth-order valence-corrected chi connectivity index (χ4v) is 5.96. The standard InChI is InChI=1S/C20H20Si/c1-21(2)20-18-11-6-5-10-16(18)17-13-7-12-15(19(17)20)14-8-3-4-9-14/h3-8,10-13,20-21H,9H2,1-2H3. The van der Waals surface area contributed by atoms with E-state index in [4.69, 9.17) is 0 Å². The molecule has 21 heavy (non-hydrogen) atoms. The lowest BCUT2D eigenvalue weighted by Gasteiger charge is -2.20. The third-order valence-corrected chi connectivity index (χ3v) is 6.81. The smallest absolute Gasteiger partial charge is 0.0444 e. The summed E-state index contributed by atoms with van der Waals surface area (Å²) in [4.78, 5) is 0. The average Bonchev–Trinajstić information content (AvgIpc) is 3.12. The molecule has 0 fully saturated rings. The van der Waals surface area contributed by atoms with E-state index in [0.29, 0.717) is 5.54 Å². The first-order valence-corrected chi connectivity index (χ1v) is 10.8. The molecule has 0 amide bonds. The van der Waals surface area contributed by atoms with Crippen molar-refractivity contribution in [2.24, 2.45) is 0 Å². The predicted molar refractivity (Wildman–Crippen MR) is 94.3 cm³/mol. The fourth-order valence-electron chi connectivity index (χ4n) is 3.92. The Bertz CT molecular complexity index is 765. The second-order valence-corrected chi connectivity index (χ2v) is 9.55. The zero-order chi connectivity index (χ0) is 14.4. The highest BCUT2D eigenvalue weighted by Gasteiger charge is 2.33. The van der Waals surface area contributed by atoms with Gasteiger partial charge in [0.2, 0.25) is 0 Å². The van der Waals surface area contributed by atoms with Crippen molar-refractivity contribution >= 4 is 14.4 Å². The molecule has 0 spiro atoms. The molecule has 1 unspecified atom stereocenters. The van der Waals surface area contributed by atoms with Crippen molar-refractivity contribution in [3.63, 3.8) is 0 Å². The molecule has 0 aliphatic heterocycles. The normalized spacial score (nSPS) is 18.8. The Morgan fingerprint density at radius 3 is 2.43 bits per heavy atom. The SMILES string of the molecule is C[SiH](C)C1c2ccccc2-c2cccc(C3=CC=CC3)c21. The van der Waals surface area contributed by atoms with Gasteiger partial charge < -0.3 is 0 Å². The van der Waals surface area contributed by atoms with Crippen molar-refractivity contribution in [3.8, 4) is 11.1 Å². The molecule has 104 valence electrons. The quantitative estimate of drug-likeness (QED) is 0.669. The van der Waals surface area contributed by atoms with Crippen LogP contribution in [0.3, 0.4) is 0 Å². The van der Waals surface area contributed by atoms with E-state index in [1.54, 1.807) is 11.1 Å². The van der Waals surface area contributed by atoms with E-state index < -0.39 is 8.80 Å². The van der Waals surface area contributed by atoms with Crippen LogP contribution in [-0.4, -0.2) is 8.80 Å². The van der Waals surface area contributed by atoms with E-state index >= 15 is 0 Å². The summed E-state index contributed by atoms with van der Waals surface area (Å²) in [5, 5.41) is 0. The zero-order valence-corrected chi connectivity index (χ0v) is 13.8. The van der Waals surface area contributed by atoms with Gasteiger partial charge in [-0.25, -0.2) is 0 Å². The van der Waals surface area contributed by atoms with Gasteiger partial charge in [-0.3, -0.25) is 0 Å². The van der Waals surface area contributed by atoms with Crippen LogP contribution in [0.2, 0.25) is 13.1 Å². The third kappa shape index (κ3) is 1.88. The summed E-state index contributed by atoms with van der Waals surface area (Å²) in [7, 11) is -0.816. The van der Waals surface area contributed by atoms with Crippen molar-refractivity contribution < 1.29 is 0 Å². The Hall–Kier alpha value is -1.86. The molecule has 0 saturated carbocycles. The van der Waals surface area contributed by atoms with Crippen LogP contribution in [-0.2, 0) is 0 Å². The molecular weight excluding hydrogens is 268 g/mol. The highest BCUT2D eigenvalue weighted by molar-refractivity contribution is 6.59. The van der Waals surface area contributed by atoms with Crippen LogP contribution in [0.4, 0.5) is 0 Å². The van der Waals surface area contributed by atoms with Gasteiger partial charge in [0.25, 0.3) is 0 Å². The lowest BCUT2D eigenvalue weighted by atomic mass is 9.95. The van der Waals surface area contributed by atoms with Gasteiger partial charge >= 0.3 is 0 Å². The highest BCUT2D eigenvalue weighted by atomic mass is 28.3. The Morgan fingerprint density at radius 1 is 0.905 bits per heavy atom. The lowest BCUT2D eigenvalue weighted by molar-refractivity contribution is 1.14. The monoisotopic (exact) mass is 288 g/mol. The molecule has 0 N–H and O–H groups in total. The van der Waals surface area contributed by atoms with Crippen molar-refractivity contribution in [2.45, 2.75) is 25.1 Å². The highest BCUT2D eigenvalue weighted by Crippen LogP contribution is 2.49. The van der Waals surface area contributed by atoms with Crippen LogP contribution in [0.5, 0.6) is 0 Å². The molecule has 2 aromatic carbocycles. The first-order chi connectivity index (χ1) is 10.3. The largest absolute Gasteiger partial charge is 0.0801 e. The second kappa shape index (κ2) is 4.85. The van der Waals surface area contributed by atoms with Gasteiger partial charge in [-0.1, -0.05) is 73.8 Å². The molecule has 1 atom stereocenters. The van der Waals surface area contributed by atoms with Crippen LogP contribution in [0.25, 0.3) is 16.7 Å². The Kier molecular flexibility index (Phi) is 2.97. The summed E-state index contributed by atoms with van der Waals surface area (Å²) < 4.78 is 0. The summed E-state index contributed by atoms with van der Waals surface area (Å²) in [6.45, 7) is 4.96. The van der Waals surface area contributed by atoms with Crippen LogP contribution < -0.4 is 0 Å². The third-order valence-electron chi connectivity index (χ3n) is 4.79. The molecular formula is C20H20Si. The number of fused-ring (bicyclic) bond motifs is 3. The minimum absolute atomic E-state index is 0.661. The maximum absolute atomic E-state index is 2.48. The number of benzene rings is 2. The first-order valence-electron chi connectivity index (χ1n) is 7.85. The van der Waals surface area contributed by atoms with Crippen LogP contribution >= 0.6 is 0 Å². The maximum atomic E-state index is 2.48. The molecule has 0 saturated heterocycles. The Morgan fingerprint density at radius 2 is 1.67 bits per heavy atom. The molecule has 2 aliphatic carbocycles. The van der Waals surface area contributed by atoms with Gasteiger partial charge in [0.05, 0.1) is 0 Å². The predicted octanol–water partition coefficient (Wildman–Crippen LogP) is 5.17. The number of allylic oxidation sites excluding steroid dienone is 4. The molecule has 0 heterocycles. The van der Waals surface area contributed by atoms with Crippen LogP contribution in [0, 0.1) is 0 Å². The molecule has 1 heteroatoms. The summed E-state index contributed by atoms with van der Waals surface area (Å²) in [5.41, 5.74) is 9.74. The molecule has 0 aromatic heterocycles. The minimum atomic E-state index is -0.816. The van der Waals surface area contributed by atoms with Crippen LogP contribution in [0.15, 0.2) is 60.7 Å². The Labute approximate surface area is 128 Å². The zero-order valence-electron chi connectivity index (χ0n) is 12.6. The summed E-state index contributed by atoms with van der Waals surface area (Å²) in [5.74, 6) is 0. The molecule has 0 nitrogen and oxygen atoms in total. The summed E-state index contributed by atoms with van der Waals surface area (Å²) in [6.07, 6.45) is 7.83. The van der Waals surface area contributed by atoms with E-state index in [0.717, 1.165) is 6.42 Å². The van der Waals surface area contributed by atoms with Gasteiger partial charge in [0.15, 0.2) is 0 Å². The molecule has 2 aromatic rings. The molecule has 4 rings (SSSR count). The van der Waals surface area contributed by atoms with Crippen molar-refractivity contribution in [2.75, 3.05) is 0 Å². The summed E-state index contributed by atoms with van der Waals surface area (Å²) >= 11 is 0. The maximum Gasteiger partial charge on any atom is 0.0444 e. The Balaban J connectivity index is 1.98. The van der Waals surface area contributed by atoms with Gasteiger partial charge in [-0.15, -0.1) is 0 Å². The minimum Gasteiger partial charge on any atom is -0.0801 e.